The van der Waals surface area contributed by atoms with E-state index in [1.165, 1.54) is 22.5 Å². The fraction of sp³-hybridized carbons (Fsp3) is 0.462. The normalized spacial score (nSPS) is 17.6. The summed E-state index contributed by atoms with van der Waals surface area (Å²) in [5.74, 6) is 0. The van der Waals surface area contributed by atoms with E-state index in [-0.39, 0.29) is 0 Å². The van der Waals surface area contributed by atoms with Gasteiger partial charge in [0, 0.05) is 12.6 Å². The van der Waals surface area contributed by atoms with Gasteiger partial charge >= 0.3 is 0 Å². The summed E-state index contributed by atoms with van der Waals surface area (Å²) < 4.78 is 1.29. The van der Waals surface area contributed by atoms with Gasteiger partial charge in [-0.15, -0.1) is 11.3 Å². The number of benzene rings is 1. The zero-order chi connectivity index (χ0) is 11.5. The molecule has 0 spiro atoms. The van der Waals surface area contributed by atoms with E-state index in [0.717, 1.165) is 25.2 Å². The number of hydrogen-bond acceptors (Lipinski definition) is 4. The first-order chi connectivity index (χ1) is 8.42. The lowest BCUT2D eigenvalue weighted by molar-refractivity contribution is 0.386. The molecule has 1 aliphatic rings. The molecule has 0 amide bonds. The van der Waals surface area contributed by atoms with Crippen LogP contribution in [0.15, 0.2) is 24.3 Å². The summed E-state index contributed by atoms with van der Waals surface area (Å²) in [5, 5.41) is 8.19. The third-order valence-corrected chi connectivity index (χ3v) is 4.26. The molecule has 17 heavy (non-hydrogen) atoms. The van der Waals surface area contributed by atoms with Gasteiger partial charge in [0.05, 0.1) is 10.2 Å². The number of aromatic nitrogens is 1. The van der Waals surface area contributed by atoms with E-state index in [9.17, 15) is 0 Å². The second-order valence-electron chi connectivity index (χ2n) is 4.48. The predicted molar refractivity (Wildman–Crippen MR) is 72.4 cm³/mol. The second kappa shape index (κ2) is 5.12. The smallest absolute Gasteiger partial charge is 0.108 e. The molecule has 1 saturated heterocycles. The molecule has 1 aromatic heterocycles. The Kier molecular flexibility index (Phi) is 3.36. The van der Waals surface area contributed by atoms with Crippen molar-refractivity contribution in [2.24, 2.45) is 0 Å². The standard InChI is InChI=1S/C13H17N3S/c1-2-4-12-11(3-1)16-13(17-12)9-15-10-5-7-14-8-6-10/h1-4,10,14-15H,5-9H2. The number of fused-ring (bicyclic) bond motifs is 1. The SMILES string of the molecule is c1ccc2sc(CNC3CCNCC3)nc2c1. The van der Waals surface area contributed by atoms with Crippen LogP contribution in [0.2, 0.25) is 0 Å². The van der Waals surface area contributed by atoms with Crippen LogP contribution < -0.4 is 10.6 Å². The van der Waals surface area contributed by atoms with Gasteiger partial charge in [-0.1, -0.05) is 12.1 Å². The topological polar surface area (TPSA) is 37.0 Å². The number of nitrogens with zero attached hydrogens (tertiary/aromatic N) is 1. The lowest BCUT2D eigenvalue weighted by Gasteiger charge is -2.23. The Hall–Kier alpha value is -0.970. The molecule has 0 unspecified atom stereocenters. The van der Waals surface area contributed by atoms with E-state index in [1.807, 2.05) is 6.07 Å². The van der Waals surface area contributed by atoms with Crippen LogP contribution in [0.1, 0.15) is 17.8 Å². The molecular weight excluding hydrogens is 230 g/mol. The minimum Gasteiger partial charge on any atom is -0.317 e. The Morgan fingerprint density at radius 3 is 2.94 bits per heavy atom. The van der Waals surface area contributed by atoms with Crippen LogP contribution in [-0.4, -0.2) is 24.1 Å². The molecular formula is C13H17N3S. The summed E-state index contributed by atoms with van der Waals surface area (Å²) in [6.07, 6.45) is 2.45. The van der Waals surface area contributed by atoms with Crippen LogP contribution in [0.3, 0.4) is 0 Å². The van der Waals surface area contributed by atoms with Crippen LogP contribution in [0.5, 0.6) is 0 Å². The molecule has 1 aromatic carbocycles. The van der Waals surface area contributed by atoms with Crippen molar-refractivity contribution in [1.82, 2.24) is 15.6 Å². The fourth-order valence-electron chi connectivity index (χ4n) is 2.25. The number of rotatable bonds is 3. The highest BCUT2D eigenvalue weighted by molar-refractivity contribution is 7.18. The quantitative estimate of drug-likeness (QED) is 0.872. The van der Waals surface area contributed by atoms with Crippen molar-refractivity contribution < 1.29 is 0 Å². The summed E-state index contributed by atoms with van der Waals surface area (Å²) in [5.41, 5.74) is 1.12. The summed E-state index contributed by atoms with van der Waals surface area (Å²) in [6, 6.07) is 9.00. The highest BCUT2D eigenvalue weighted by Crippen LogP contribution is 2.21. The monoisotopic (exact) mass is 247 g/mol. The molecule has 2 heterocycles. The minimum absolute atomic E-state index is 0.656. The van der Waals surface area contributed by atoms with Gasteiger partial charge in [-0.3, -0.25) is 0 Å². The highest BCUT2D eigenvalue weighted by atomic mass is 32.1. The molecule has 4 heteroatoms. The van der Waals surface area contributed by atoms with Gasteiger partial charge in [0.15, 0.2) is 0 Å². The van der Waals surface area contributed by atoms with E-state index < -0.39 is 0 Å². The molecule has 3 rings (SSSR count). The van der Waals surface area contributed by atoms with Crippen molar-refractivity contribution in [3.05, 3.63) is 29.3 Å². The number of piperidine rings is 1. The molecule has 0 atom stereocenters. The first-order valence-corrected chi connectivity index (χ1v) is 7.02. The zero-order valence-electron chi connectivity index (χ0n) is 9.78. The van der Waals surface area contributed by atoms with Crippen LogP contribution in [-0.2, 0) is 6.54 Å². The molecule has 1 aliphatic heterocycles. The van der Waals surface area contributed by atoms with E-state index in [0.29, 0.717) is 6.04 Å². The van der Waals surface area contributed by atoms with Crippen molar-refractivity contribution in [3.63, 3.8) is 0 Å². The Morgan fingerprint density at radius 1 is 1.29 bits per heavy atom. The molecule has 0 saturated carbocycles. The van der Waals surface area contributed by atoms with Crippen LogP contribution in [0.4, 0.5) is 0 Å². The van der Waals surface area contributed by atoms with Crippen molar-refractivity contribution in [2.75, 3.05) is 13.1 Å². The van der Waals surface area contributed by atoms with Gasteiger partial charge < -0.3 is 10.6 Å². The van der Waals surface area contributed by atoms with E-state index in [4.69, 9.17) is 0 Å². The predicted octanol–water partition coefficient (Wildman–Crippen LogP) is 2.14. The van der Waals surface area contributed by atoms with Crippen LogP contribution >= 0.6 is 11.3 Å². The first-order valence-electron chi connectivity index (χ1n) is 6.20. The largest absolute Gasteiger partial charge is 0.317 e. The first kappa shape index (κ1) is 11.1. The van der Waals surface area contributed by atoms with Crippen LogP contribution in [0.25, 0.3) is 10.2 Å². The fourth-order valence-corrected chi connectivity index (χ4v) is 3.17. The maximum absolute atomic E-state index is 4.64. The van der Waals surface area contributed by atoms with E-state index >= 15 is 0 Å². The number of para-hydroxylation sites is 1. The highest BCUT2D eigenvalue weighted by Gasteiger charge is 2.12. The summed E-state index contributed by atoms with van der Waals surface area (Å²) >= 11 is 1.80. The third kappa shape index (κ3) is 2.65. The Labute approximate surface area is 105 Å². The van der Waals surface area contributed by atoms with Gasteiger partial charge in [0.25, 0.3) is 0 Å². The van der Waals surface area contributed by atoms with Crippen molar-refractivity contribution >= 4 is 21.6 Å². The average Bonchev–Trinajstić information content (AvgIpc) is 2.80. The second-order valence-corrected chi connectivity index (χ2v) is 5.60. The van der Waals surface area contributed by atoms with Crippen molar-refractivity contribution in [1.29, 1.82) is 0 Å². The summed E-state index contributed by atoms with van der Waals surface area (Å²) in [6.45, 7) is 3.18. The number of thiazole rings is 1. The summed E-state index contributed by atoms with van der Waals surface area (Å²) in [4.78, 5) is 4.64. The zero-order valence-corrected chi connectivity index (χ0v) is 10.6. The van der Waals surface area contributed by atoms with Crippen molar-refractivity contribution in [3.8, 4) is 0 Å². The average molecular weight is 247 g/mol. The summed E-state index contributed by atoms with van der Waals surface area (Å²) in [7, 11) is 0. The Morgan fingerprint density at radius 2 is 2.12 bits per heavy atom. The van der Waals surface area contributed by atoms with Gasteiger partial charge in [-0.2, -0.15) is 0 Å². The Balaban J connectivity index is 1.64. The molecule has 90 valence electrons. The molecule has 0 radical (unpaired) electrons. The molecule has 2 N–H and O–H groups in total. The molecule has 1 fully saturated rings. The number of nitrogens with one attached hydrogen (secondary N) is 2. The van der Waals surface area contributed by atoms with Crippen LogP contribution in [0, 0.1) is 0 Å². The molecule has 0 aliphatic carbocycles. The van der Waals surface area contributed by atoms with E-state index in [2.05, 4.69) is 33.8 Å². The van der Waals surface area contributed by atoms with Gasteiger partial charge in [0.2, 0.25) is 0 Å². The molecule has 0 bridgehead atoms. The Bertz CT molecular complexity index is 455. The lowest BCUT2D eigenvalue weighted by atomic mass is 10.1. The maximum Gasteiger partial charge on any atom is 0.108 e. The molecule has 2 aromatic rings. The van der Waals surface area contributed by atoms with Gasteiger partial charge in [0.1, 0.15) is 5.01 Å². The maximum atomic E-state index is 4.64. The number of hydrogen-bond donors (Lipinski definition) is 2. The molecule has 3 nitrogen and oxygen atoms in total. The van der Waals surface area contributed by atoms with E-state index in [1.54, 1.807) is 11.3 Å². The minimum atomic E-state index is 0.656. The van der Waals surface area contributed by atoms with Gasteiger partial charge in [-0.05, 0) is 38.1 Å². The third-order valence-electron chi connectivity index (χ3n) is 3.22. The lowest BCUT2D eigenvalue weighted by Crippen LogP contribution is -2.39. The van der Waals surface area contributed by atoms with Crippen molar-refractivity contribution in [2.45, 2.75) is 25.4 Å². The van der Waals surface area contributed by atoms with Gasteiger partial charge in [-0.25, -0.2) is 4.98 Å².